The predicted octanol–water partition coefficient (Wildman–Crippen LogP) is 3.32. The third-order valence-corrected chi connectivity index (χ3v) is 4.84. The Hall–Kier alpha value is -3.08. The van der Waals surface area contributed by atoms with Crippen molar-refractivity contribution in [1.82, 2.24) is 9.97 Å². The fourth-order valence-electron chi connectivity index (χ4n) is 3.69. The second kappa shape index (κ2) is 5.48. The first kappa shape index (κ1) is 14.3. The van der Waals surface area contributed by atoms with Gasteiger partial charge in [-0.05, 0) is 43.0 Å². The first-order valence-corrected chi connectivity index (χ1v) is 8.41. The maximum Gasteiger partial charge on any atom is 0.345 e. The van der Waals surface area contributed by atoms with Gasteiger partial charge in [-0.3, -0.25) is 0 Å². The summed E-state index contributed by atoms with van der Waals surface area (Å²) >= 11 is 0. The zero-order valence-corrected chi connectivity index (χ0v) is 13.5. The first-order valence-electron chi connectivity index (χ1n) is 8.41. The summed E-state index contributed by atoms with van der Waals surface area (Å²) in [6.45, 7) is 0.229. The van der Waals surface area contributed by atoms with Crippen molar-refractivity contribution in [3.63, 3.8) is 0 Å². The molecule has 3 aromatic rings. The molecule has 124 valence electrons. The molecule has 0 fully saturated rings. The molecular formula is C20H16N2O3. The first-order chi connectivity index (χ1) is 12.3. The second-order valence-corrected chi connectivity index (χ2v) is 6.32. The highest BCUT2D eigenvalue weighted by Gasteiger charge is 2.22. The van der Waals surface area contributed by atoms with Crippen molar-refractivity contribution in [2.75, 3.05) is 6.79 Å². The van der Waals surface area contributed by atoms with Crippen LogP contribution < -0.4 is 15.2 Å². The van der Waals surface area contributed by atoms with Crippen molar-refractivity contribution in [1.29, 1.82) is 0 Å². The normalized spacial score (nSPS) is 14.6. The van der Waals surface area contributed by atoms with Crippen LogP contribution in [0.15, 0.2) is 47.3 Å². The van der Waals surface area contributed by atoms with E-state index in [0.29, 0.717) is 5.75 Å². The van der Waals surface area contributed by atoms with Crippen LogP contribution in [0.5, 0.6) is 11.5 Å². The quantitative estimate of drug-likeness (QED) is 0.742. The van der Waals surface area contributed by atoms with Crippen LogP contribution in [-0.4, -0.2) is 16.8 Å². The molecule has 1 aliphatic carbocycles. The smallest absolute Gasteiger partial charge is 0.345 e. The number of aromatic nitrogens is 2. The van der Waals surface area contributed by atoms with E-state index >= 15 is 0 Å². The summed E-state index contributed by atoms with van der Waals surface area (Å²) in [5.74, 6) is 1.42. The monoisotopic (exact) mass is 332 g/mol. The fraction of sp³-hybridized carbons (Fsp3) is 0.200. The minimum Gasteiger partial charge on any atom is -0.454 e. The lowest BCUT2D eigenvalue weighted by atomic mass is 9.98. The molecule has 0 atom stereocenters. The minimum atomic E-state index is -0.330. The Kier molecular flexibility index (Phi) is 3.13. The zero-order chi connectivity index (χ0) is 16.8. The van der Waals surface area contributed by atoms with E-state index in [1.165, 1.54) is 5.56 Å². The number of nitrogens with one attached hydrogen (secondary N) is 1. The van der Waals surface area contributed by atoms with Crippen LogP contribution in [0.3, 0.4) is 0 Å². The van der Waals surface area contributed by atoms with Gasteiger partial charge in [-0.25, -0.2) is 4.79 Å². The SMILES string of the molecule is O=c1nc(-c2ccc3c(c2)OCO3)c2c([nH]1)-c1ccccc1CCC2. The van der Waals surface area contributed by atoms with Crippen molar-refractivity contribution in [2.24, 2.45) is 0 Å². The van der Waals surface area contributed by atoms with Crippen molar-refractivity contribution < 1.29 is 9.47 Å². The van der Waals surface area contributed by atoms with Gasteiger partial charge in [0.1, 0.15) is 0 Å². The van der Waals surface area contributed by atoms with Crippen molar-refractivity contribution >= 4 is 0 Å². The lowest BCUT2D eigenvalue weighted by Crippen LogP contribution is -2.15. The van der Waals surface area contributed by atoms with Gasteiger partial charge in [-0.1, -0.05) is 24.3 Å². The number of hydrogen-bond acceptors (Lipinski definition) is 4. The number of ether oxygens (including phenoxy) is 2. The predicted molar refractivity (Wildman–Crippen MR) is 93.9 cm³/mol. The van der Waals surface area contributed by atoms with Crippen LogP contribution in [0.4, 0.5) is 0 Å². The van der Waals surface area contributed by atoms with Gasteiger partial charge in [0.25, 0.3) is 0 Å². The molecule has 5 rings (SSSR count). The van der Waals surface area contributed by atoms with Gasteiger partial charge in [-0.2, -0.15) is 4.98 Å². The van der Waals surface area contributed by atoms with Crippen LogP contribution >= 0.6 is 0 Å². The molecule has 0 bridgehead atoms. The van der Waals surface area contributed by atoms with Gasteiger partial charge in [0.15, 0.2) is 11.5 Å². The Morgan fingerprint density at radius 1 is 1.00 bits per heavy atom. The van der Waals surface area contributed by atoms with E-state index in [9.17, 15) is 4.79 Å². The number of hydrogen-bond donors (Lipinski definition) is 1. The average Bonchev–Trinajstić information content (AvgIpc) is 3.02. The largest absolute Gasteiger partial charge is 0.454 e. The number of aryl methyl sites for hydroxylation is 1. The molecule has 1 aromatic heterocycles. The maximum absolute atomic E-state index is 12.3. The number of rotatable bonds is 1. The molecule has 0 saturated carbocycles. The van der Waals surface area contributed by atoms with E-state index in [1.807, 2.05) is 30.3 Å². The Bertz CT molecular complexity index is 1040. The highest BCUT2D eigenvalue weighted by Crippen LogP contribution is 2.39. The van der Waals surface area contributed by atoms with Crippen LogP contribution in [0.1, 0.15) is 17.5 Å². The van der Waals surface area contributed by atoms with Crippen LogP contribution in [0.25, 0.3) is 22.5 Å². The number of fused-ring (bicyclic) bond motifs is 4. The molecule has 0 unspecified atom stereocenters. The Morgan fingerprint density at radius 2 is 1.88 bits per heavy atom. The summed E-state index contributed by atoms with van der Waals surface area (Å²) in [6, 6.07) is 14.0. The fourth-order valence-corrected chi connectivity index (χ4v) is 3.69. The summed E-state index contributed by atoms with van der Waals surface area (Å²) in [4.78, 5) is 19.5. The summed E-state index contributed by atoms with van der Waals surface area (Å²) < 4.78 is 10.9. The summed E-state index contributed by atoms with van der Waals surface area (Å²) in [7, 11) is 0. The van der Waals surface area contributed by atoms with Crippen molar-refractivity contribution in [2.45, 2.75) is 19.3 Å². The lowest BCUT2D eigenvalue weighted by molar-refractivity contribution is 0.174. The molecule has 2 aromatic carbocycles. The topological polar surface area (TPSA) is 64.2 Å². The summed E-state index contributed by atoms with van der Waals surface area (Å²) in [5, 5.41) is 0. The highest BCUT2D eigenvalue weighted by molar-refractivity contribution is 5.76. The highest BCUT2D eigenvalue weighted by atomic mass is 16.7. The molecule has 0 amide bonds. The lowest BCUT2D eigenvalue weighted by Gasteiger charge is -2.13. The van der Waals surface area contributed by atoms with Gasteiger partial charge in [0.2, 0.25) is 6.79 Å². The summed E-state index contributed by atoms with van der Waals surface area (Å²) in [5.41, 5.74) is 5.61. The minimum absolute atomic E-state index is 0.229. The van der Waals surface area contributed by atoms with Crippen LogP contribution in [-0.2, 0) is 12.8 Å². The molecule has 1 aliphatic heterocycles. The van der Waals surface area contributed by atoms with E-state index in [1.54, 1.807) is 0 Å². The van der Waals surface area contributed by atoms with Gasteiger partial charge in [0.05, 0.1) is 11.4 Å². The molecule has 25 heavy (non-hydrogen) atoms. The van der Waals surface area contributed by atoms with E-state index in [4.69, 9.17) is 9.47 Å². The van der Waals surface area contributed by atoms with Gasteiger partial charge >= 0.3 is 5.69 Å². The number of H-pyrrole nitrogens is 1. The van der Waals surface area contributed by atoms with E-state index in [0.717, 1.165) is 53.1 Å². The molecule has 2 heterocycles. The van der Waals surface area contributed by atoms with Crippen LogP contribution in [0, 0.1) is 0 Å². The summed E-state index contributed by atoms with van der Waals surface area (Å²) in [6.07, 6.45) is 2.89. The number of aromatic amines is 1. The molecule has 5 heteroatoms. The third-order valence-electron chi connectivity index (χ3n) is 4.84. The van der Waals surface area contributed by atoms with Gasteiger partial charge < -0.3 is 14.5 Å². The Morgan fingerprint density at radius 3 is 2.84 bits per heavy atom. The van der Waals surface area contributed by atoms with Crippen molar-refractivity contribution in [3.8, 4) is 34.0 Å². The number of nitrogens with zero attached hydrogens (tertiary/aromatic N) is 1. The molecule has 0 saturated heterocycles. The molecule has 2 aliphatic rings. The third kappa shape index (κ3) is 2.31. The van der Waals surface area contributed by atoms with E-state index in [2.05, 4.69) is 22.1 Å². The second-order valence-electron chi connectivity index (χ2n) is 6.32. The average molecular weight is 332 g/mol. The number of benzene rings is 2. The molecular weight excluding hydrogens is 316 g/mol. The Balaban J connectivity index is 1.75. The maximum atomic E-state index is 12.3. The zero-order valence-electron chi connectivity index (χ0n) is 13.5. The van der Waals surface area contributed by atoms with Gasteiger partial charge in [-0.15, -0.1) is 0 Å². The van der Waals surface area contributed by atoms with Crippen molar-refractivity contribution in [3.05, 3.63) is 64.1 Å². The Labute approximate surface area is 144 Å². The molecule has 5 nitrogen and oxygen atoms in total. The molecule has 1 N–H and O–H groups in total. The molecule has 0 spiro atoms. The van der Waals surface area contributed by atoms with E-state index in [-0.39, 0.29) is 12.5 Å². The van der Waals surface area contributed by atoms with E-state index < -0.39 is 0 Å². The van der Waals surface area contributed by atoms with Gasteiger partial charge in [0, 0.05) is 16.7 Å². The standard InChI is InChI=1S/C20H16N2O3/c23-20-21-18(13-8-9-16-17(10-13)25-11-24-16)15-7-3-5-12-4-1-2-6-14(12)19(15)22-20/h1-2,4,6,8-10H,3,5,7,11H2,(H,21,22,23). The van der Waals surface area contributed by atoms with Crippen LogP contribution in [0.2, 0.25) is 0 Å². The molecule has 0 radical (unpaired) electrons.